The molecule has 1 saturated heterocycles. The summed E-state index contributed by atoms with van der Waals surface area (Å²) >= 11 is 0. The van der Waals surface area contributed by atoms with Gasteiger partial charge in [0.1, 0.15) is 17.9 Å². The van der Waals surface area contributed by atoms with E-state index in [9.17, 15) is 14.9 Å². The number of benzene rings is 1. The van der Waals surface area contributed by atoms with Gasteiger partial charge in [-0.25, -0.2) is 9.78 Å². The Morgan fingerprint density at radius 3 is 2.75 bits per heavy atom. The Kier molecular flexibility index (Phi) is 6.28. The van der Waals surface area contributed by atoms with E-state index in [1.165, 1.54) is 7.11 Å². The summed E-state index contributed by atoms with van der Waals surface area (Å²) in [5.41, 5.74) is 8.86. The summed E-state index contributed by atoms with van der Waals surface area (Å²) in [7, 11) is 1.29. The molecule has 2 amide bonds. The van der Waals surface area contributed by atoms with Crippen molar-refractivity contribution in [2.75, 3.05) is 30.8 Å². The molecule has 2 aliphatic heterocycles. The van der Waals surface area contributed by atoms with Gasteiger partial charge in [0.25, 0.3) is 0 Å². The number of nitrogens with two attached hydrogens (primary N) is 1. The second-order valence-electron chi connectivity index (χ2n) is 8.10. The summed E-state index contributed by atoms with van der Waals surface area (Å²) in [6.07, 6.45) is 3.43. The monoisotopic (exact) mass is 437 g/mol. The van der Waals surface area contributed by atoms with Crippen molar-refractivity contribution in [2.45, 2.75) is 44.2 Å². The maximum atomic E-state index is 13.1. The molecule has 2 aliphatic rings. The second kappa shape index (κ2) is 9.28. The number of nitrogens with zero attached hydrogens (tertiary/aromatic N) is 3. The van der Waals surface area contributed by atoms with E-state index >= 15 is 0 Å². The van der Waals surface area contributed by atoms with E-state index in [2.05, 4.69) is 31.4 Å². The van der Waals surface area contributed by atoms with Crippen LogP contribution in [0.2, 0.25) is 0 Å². The minimum Gasteiger partial charge on any atom is -0.453 e. The number of anilines is 2. The lowest BCUT2D eigenvalue weighted by Crippen LogP contribution is -2.49. The average molecular weight is 438 g/mol. The SMILES string of the molecule is COC(=O)Nc1ccc2c(c1)N[C@@H](C(=O)N1CCC1)CCCC[C@H](N)c1nc(C#N)c-2[nH]1. The summed E-state index contributed by atoms with van der Waals surface area (Å²) < 4.78 is 4.69. The number of amides is 2. The van der Waals surface area contributed by atoms with Crippen LogP contribution in [0.15, 0.2) is 18.2 Å². The molecule has 1 fully saturated rings. The van der Waals surface area contributed by atoms with Crippen LogP contribution in [0.1, 0.15) is 49.7 Å². The molecular weight excluding hydrogens is 410 g/mol. The van der Waals surface area contributed by atoms with E-state index < -0.39 is 12.1 Å². The topological polar surface area (TPSA) is 149 Å². The van der Waals surface area contributed by atoms with Gasteiger partial charge in [-0.05, 0) is 37.5 Å². The third-order valence-corrected chi connectivity index (χ3v) is 5.95. The van der Waals surface area contributed by atoms with Crippen LogP contribution in [-0.4, -0.2) is 53.1 Å². The lowest BCUT2D eigenvalue weighted by molar-refractivity contribution is -0.135. The second-order valence-corrected chi connectivity index (χ2v) is 8.10. The van der Waals surface area contributed by atoms with Crippen molar-refractivity contribution in [1.29, 1.82) is 5.26 Å². The molecule has 0 unspecified atom stereocenters. The first kappa shape index (κ1) is 21.6. The number of ether oxygens (including phenoxy) is 1. The van der Waals surface area contributed by atoms with E-state index in [1.807, 2.05) is 4.90 Å². The Bertz CT molecular complexity index is 1050. The number of likely N-dealkylation sites (tertiary alicyclic amines) is 1. The number of hydrogen-bond acceptors (Lipinski definition) is 7. The highest BCUT2D eigenvalue weighted by molar-refractivity contribution is 5.91. The summed E-state index contributed by atoms with van der Waals surface area (Å²) in [6.45, 7) is 1.53. The Morgan fingerprint density at radius 2 is 2.06 bits per heavy atom. The fourth-order valence-corrected chi connectivity index (χ4v) is 4.02. The highest BCUT2D eigenvalue weighted by Gasteiger charge is 2.29. The third kappa shape index (κ3) is 4.38. The molecule has 0 aliphatic carbocycles. The van der Waals surface area contributed by atoms with Gasteiger partial charge in [0, 0.05) is 30.0 Å². The summed E-state index contributed by atoms with van der Waals surface area (Å²) in [6, 6.07) is 6.59. The van der Waals surface area contributed by atoms with Gasteiger partial charge in [-0.2, -0.15) is 5.26 Å². The van der Waals surface area contributed by atoms with Crippen LogP contribution in [0.4, 0.5) is 16.2 Å². The van der Waals surface area contributed by atoms with Crippen molar-refractivity contribution in [3.63, 3.8) is 0 Å². The Morgan fingerprint density at radius 1 is 1.28 bits per heavy atom. The molecule has 2 aromatic rings. The van der Waals surface area contributed by atoms with Crippen molar-refractivity contribution >= 4 is 23.4 Å². The van der Waals surface area contributed by atoms with Gasteiger partial charge in [0.2, 0.25) is 5.91 Å². The minimum atomic E-state index is -0.598. The van der Waals surface area contributed by atoms with Gasteiger partial charge >= 0.3 is 6.09 Å². The number of H-pyrrole nitrogens is 1. The Labute approximate surface area is 186 Å². The van der Waals surface area contributed by atoms with E-state index in [0.29, 0.717) is 41.3 Å². The number of carbonyl (C=O) groups excluding carboxylic acids is 2. The molecule has 4 rings (SSSR count). The zero-order chi connectivity index (χ0) is 22.7. The molecule has 2 bridgehead atoms. The van der Waals surface area contributed by atoms with Gasteiger partial charge < -0.3 is 25.7 Å². The molecule has 3 heterocycles. The van der Waals surface area contributed by atoms with Gasteiger partial charge in [-0.1, -0.05) is 12.8 Å². The largest absolute Gasteiger partial charge is 0.453 e. The van der Waals surface area contributed by atoms with Gasteiger partial charge in [-0.3, -0.25) is 10.1 Å². The van der Waals surface area contributed by atoms with E-state index in [0.717, 1.165) is 32.4 Å². The fraction of sp³-hybridized carbons (Fsp3) is 0.455. The van der Waals surface area contributed by atoms with Crippen LogP contribution < -0.4 is 16.4 Å². The highest BCUT2D eigenvalue weighted by Crippen LogP contribution is 2.34. The Balaban J connectivity index is 1.79. The van der Waals surface area contributed by atoms with E-state index in [-0.39, 0.29) is 17.6 Å². The van der Waals surface area contributed by atoms with Gasteiger partial charge in [-0.15, -0.1) is 0 Å². The smallest absolute Gasteiger partial charge is 0.411 e. The first-order valence-electron chi connectivity index (χ1n) is 10.8. The summed E-state index contributed by atoms with van der Waals surface area (Å²) in [5, 5.41) is 15.7. The number of aromatic nitrogens is 2. The minimum absolute atomic E-state index is 0.0562. The quantitative estimate of drug-likeness (QED) is 0.564. The summed E-state index contributed by atoms with van der Waals surface area (Å²) in [5.74, 6) is 0.619. The van der Waals surface area contributed by atoms with Crippen molar-refractivity contribution < 1.29 is 14.3 Å². The third-order valence-electron chi connectivity index (χ3n) is 5.95. The van der Waals surface area contributed by atoms with Crippen molar-refractivity contribution in [1.82, 2.24) is 14.9 Å². The molecule has 2 atom stereocenters. The number of fused-ring (bicyclic) bond motifs is 4. The maximum absolute atomic E-state index is 13.1. The summed E-state index contributed by atoms with van der Waals surface area (Å²) in [4.78, 5) is 34.3. The molecule has 1 aromatic carbocycles. The van der Waals surface area contributed by atoms with Crippen molar-refractivity contribution in [2.24, 2.45) is 5.73 Å². The fourth-order valence-electron chi connectivity index (χ4n) is 4.02. The standard InChI is InChI=1S/C22H27N7O3/c1-32-22(31)25-13-7-8-14-17(11-13)26-16(21(30)29-9-4-10-29)6-3-2-5-15(24)20-27-18(12-23)19(14)28-20/h7-8,11,15-16,26H,2-6,9-10,24H2,1H3,(H,25,31)(H,27,28)/t15-,16+/m0/s1. The van der Waals surface area contributed by atoms with E-state index in [1.54, 1.807) is 18.2 Å². The predicted octanol–water partition coefficient (Wildman–Crippen LogP) is 2.71. The number of aromatic amines is 1. The predicted molar refractivity (Wildman–Crippen MR) is 119 cm³/mol. The van der Waals surface area contributed by atoms with Crippen LogP contribution in [0.5, 0.6) is 0 Å². The zero-order valence-electron chi connectivity index (χ0n) is 18.0. The van der Waals surface area contributed by atoms with Gasteiger partial charge in [0.05, 0.1) is 18.8 Å². The average Bonchev–Trinajstić information content (AvgIpc) is 3.18. The first-order valence-corrected chi connectivity index (χ1v) is 10.8. The van der Waals surface area contributed by atoms with Gasteiger partial charge in [0.15, 0.2) is 5.69 Å². The number of imidazole rings is 1. The van der Waals surface area contributed by atoms with Crippen LogP contribution in [0.25, 0.3) is 11.3 Å². The lowest BCUT2D eigenvalue weighted by atomic mass is 10.0. The molecule has 10 heteroatoms. The van der Waals surface area contributed by atoms with Crippen LogP contribution in [0, 0.1) is 11.3 Å². The molecule has 0 spiro atoms. The highest BCUT2D eigenvalue weighted by atomic mass is 16.5. The first-order chi connectivity index (χ1) is 15.5. The molecule has 1 aromatic heterocycles. The molecule has 32 heavy (non-hydrogen) atoms. The number of rotatable bonds is 2. The molecular formula is C22H27N7O3. The maximum Gasteiger partial charge on any atom is 0.411 e. The molecule has 168 valence electrons. The van der Waals surface area contributed by atoms with Crippen LogP contribution >= 0.6 is 0 Å². The number of nitrogens with one attached hydrogen (secondary N) is 3. The molecule has 10 nitrogen and oxygen atoms in total. The molecule has 5 N–H and O–H groups in total. The van der Waals surface area contributed by atoms with Crippen LogP contribution in [0.3, 0.4) is 0 Å². The van der Waals surface area contributed by atoms with Crippen molar-refractivity contribution in [3.05, 3.63) is 29.7 Å². The number of nitriles is 1. The number of carbonyl (C=O) groups is 2. The lowest BCUT2D eigenvalue weighted by Gasteiger charge is -2.35. The molecule has 0 radical (unpaired) electrons. The number of hydrogen-bond donors (Lipinski definition) is 4. The van der Waals surface area contributed by atoms with Crippen LogP contribution in [-0.2, 0) is 9.53 Å². The Hall–Kier alpha value is -3.58. The number of methoxy groups -OCH3 is 1. The van der Waals surface area contributed by atoms with Crippen molar-refractivity contribution in [3.8, 4) is 17.3 Å². The molecule has 0 saturated carbocycles. The zero-order valence-corrected chi connectivity index (χ0v) is 18.0. The van der Waals surface area contributed by atoms with E-state index in [4.69, 9.17) is 5.73 Å². The normalized spacial score (nSPS) is 20.3.